The number of nitrogens with zero attached hydrogens (tertiary/aromatic N) is 2. The van der Waals surface area contributed by atoms with Crippen LogP contribution in [0.2, 0.25) is 0 Å². The van der Waals surface area contributed by atoms with Gasteiger partial charge in [-0.05, 0) is 29.6 Å². The fourth-order valence-electron chi connectivity index (χ4n) is 1.97. The van der Waals surface area contributed by atoms with E-state index in [0.717, 1.165) is 24.0 Å². The number of aliphatic hydroxyl groups excluding tert-OH is 1. The van der Waals surface area contributed by atoms with Gasteiger partial charge in [-0.3, -0.25) is 0 Å². The van der Waals surface area contributed by atoms with E-state index in [9.17, 15) is 18.3 Å². The van der Waals surface area contributed by atoms with Crippen molar-refractivity contribution in [2.75, 3.05) is 0 Å². The summed E-state index contributed by atoms with van der Waals surface area (Å²) in [6.07, 6.45) is -4.49. The van der Waals surface area contributed by atoms with E-state index in [2.05, 4.69) is 9.59 Å². The highest BCUT2D eigenvalue weighted by molar-refractivity contribution is 7.05. The Morgan fingerprint density at radius 2 is 2.00 bits per heavy atom. The van der Waals surface area contributed by atoms with Gasteiger partial charge in [-0.2, -0.15) is 13.2 Å². The van der Waals surface area contributed by atoms with Crippen LogP contribution in [0.3, 0.4) is 0 Å². The predicted molar refractivity (Wildman–Crippen MR) is 69.4 cm³/mol. The third kappa shape index (κ3) is 2.99. The summed E-state index contributed by atoms with van der Waals surface area (Å²) < 4.78 is 42.6. The normalized spacial score (nSPS) is 13.4. The van der Waals surface area contributed by atoms with Crippen molar-refractivity contribution >= 4 is 11.5 Å². The van der Waals surface area contributed by atoms with Crippen LogP contribution >= 0.6 is 11.5 Å². The highest BCUT2D eigenvalue weighted by Gasteiger charge is 2.35. The number of halogens is 3. The van der Waals surface area contributed by atoms with Crippen LogP contribution < -0.4 is 0 Å². The van der Waals surface area contributed by atoms with Crippen molar-refractivity contribution in [2.45, 2.75) is 32.0 Å². The first kappa shape index (κ1) is 14.9. The minimum atomic E-state index is -4.50. The van der Waals surface area contributed by atoms with Crippen molar-refractivity contribution in [3.63, 3.8) is 0 Å². The van der Waals surface area contributed by atoms with Gasteiger partial charge in [0.15, 0.2) is 0 Å². The van der Waals surface area contributed by atoms with Crippen LogP contribution in [0.4, 0.5) is 13.2 Å². The second-order valence-electron chi connectivity index (χ2n) is 4.32. The lowest BCUT2D eigenvalue weighted by molar-refractivity contribution is -0.139. The van der Waals surface area contributed by atoms with Gasteiger partial charge in [-0.1, -0.05) is 36.0 Å². The lowest BCUT2D eigenvalue weighted by Gasteiger charge is -2.16. The Morgan fingerprint density at radius 1 is 1.30 bits per heavy atom. The Hall–Kier alpha value is -1.47. The molecule has 1 aromatic carbocycles. The van der Waals surface area contributed by atoms with Gasteiger partial charge in [0, 0.05) is 0 Å². The lowest BCUT2D eigenvalue weighted by Crippen LogP contribution is -2.12. The van der Waals surface area contributed by atoms with Crippen molar-refractivity contribution in [1.82, 2.24) is 9.59 Å². The van der Waals surface area contributed by atoms with Crippen molar-refractivity contribution in [1.29, 1.82) is 0 Å². The molecule has 0 aliphatic heterocycles. The summed E-state index contributed by atoms with van der Waals surface area (Å²) in [5.41, 5.74) is -0.436. The Morgan fingerprint density at radius 3 is 2.65 bits per heavy atom. The van der Waals surface area contributed by atoms with Crippen LogP contribution in [-0.2, 0) is 12.6 Å². The quantitative estimate of drug-likeness (QED) is 0.938. The molecule has 0 amide bonds. The highest BCUT2D eigenvalue weighted by Crippen LogP contribution is 2.37. The monoisotopic (exact) mass is 302 g/mol. The van der Waals surface area contributed by atoms with Gasteiger partial charge in [0.25, 0.3) is 0 Å². The summed E-state index contributed by atoms with van der Waals surface area (Å²) in [5.74, 6) is 0. The molecule has 108 valence electrons. The van der Waals surface area contributed by atoms with E-state index in [1.54, 1.807) is 0 Å². The molecule has 20 heavy (non-hydrogen) atoms. The second-order valence-corrected chi connectivity index (χ2v) is 5.11. The highest BCUT2D eigenvalue weighted by atomic mass is 32.1. The number of hydrogen-bond donors (Lipinski definition) is 1. The smallest absolute Gasteiger partial charge is 0.383 e. The first-order chi connectivity index (χ1) is 9.45. The average Bonchev–Trinajstić information content (AvgIpc) is 2.85. The maximum absolute atomic E-state index is 13.0. The van der Waals surface area contributed by atoms with E-state index in [-0.39, 0.29) is 5.56 Å². The molecule has 1 atom stereocenters. The number of aliphatic hydroxyl groups is 1. The number of aromatic nitrogens is 2. The molecule has 0 radical (unpaired) electrons. The number of aryl methyl sites for hydroxylation is 1. The Labute approximate surface area is 118 Å². The summed E-state index contributed by atoms with van der Waals surface area (Å²) in [5, 5.41) is 14.1. The maximum atomic E-state index is 13.0. The summed E-state index contributed by atoms with van der Waals surface area (Å²) in [7, 11) is 0. The summed E-state index contributed by atoms with van der Waals surface area (Å²) in [4.78, 5) is 0.378. The van der Waals surface area contributed by atoms with E-state index in [1.807, 2.05) is 6.92 Å². The van der Waals surface area contributed by atoms with Crippen LogP contribution in [0.5, 0.6) is 0 Å². The molecule has 0 bridgehead atoms. The van der Waals surface area contributed by atoms with Crippen molar-refractivity contribution < 1.29 is 18.3 Å². The Balaban J connectivity index is 2.43. The number of hydrogen-bond acceptors (Lipinski definition) is 4. The van der Waals surface area contributed by atoms with Crippen molar-refractivity contribution in [3.8, 4) is 0 Å². The second kappa shape index (κ2) is 5.88. The van der Waals surface area contributed by atoms with E-state index in [0.29, 0.717) is 17.0 Å². The van der Waals surface area contributed by atoms with Gasteiger partial charge in [0.05, 0.1) is 16.1 Å². The molecule has 0 fully saturated rings. The molecular formula is C13H13F3N2OS. The first-order valence-electron chi connectivity index (χ1n) is 6.10. The zero-order valence-corrected chi connectivity index (χ0v) is 11.5. The molecule has 1 unspecified atom stereocenters. The lowest BCUT2D eigenvalue weighted by atomic mass is 9.99. The molecule has 1 heterocycles. The van der Waals surface area contributed by atoms with Crippen LogP contribution in [0.1, 0.15) is 41.1 Å². The number of benzene rings is 1. The number of alkyl halides is 3. The van der Waals surface area contributed by atoms with Crippen LogP contribution in [-0.4, -0.2) is 14.7 Å². The molecule has 0 saturated carbocycles. The van der Waals surface area contributed by atoms with Gasteiger partial charge in [-0.25, -0.2) is 0 Å². The Kier molecular flexibility index (Phi) is 4.39. The van der Waals surface area contributed by atoms with Gasteiger partial charge in [-0.15, -0.1) is 5.10 Å². The van der Waals surface area contributed by atoms with Crippen molar-refractivity contribution in [3.05, 3.63) is 46.0 Å². The fraction of sp³-hybridized carbons (Fsp3) is 0.385. The maximum Gasteiger partial charge on any atom is 0.416 e. The molecule has 0 aliphatic rings. The number of rotatable bonds is 4. The first-order valence-corrected chi connectivity index (χ1v) is 6.87. The summed E-state index contributed by atoms with van der Waals surface area (Å²) in [6, 6.07) is 5.02. The van der Waals surface area contributed by atoms with E-state index in [4.69, 9.17) is 0 Å². The van der Waals surface area contributed by atoms with E-state index in [1.165, 1.54) is 18.2 Å². The zero-order valence-electron chi connectivity index (χ0n) is 10.7. The van der Waals surface area contributed by atoms with Gasteiger partial charge in [0.1, 0.15) is 6.10 Å². The molecule has 0 spiro atoms. The third-order valence-corrected chi connectivity index (χ3v) is 3.70. The Bertz CT molecular complexity index is 583. The topological polar surface area (TPSA) is 46.0 Å². The molecule has 1 N–H and O–H groups in total. The zero-order chi connectivity index (χ0) is 14.8. The largest absolute Gasteiger partial charge is 0.416 e. The fourth-order valence-corrected chi connectivity index (χ4v) is 2.67. The van der Waals surface area contributed by atoms with Gasteiger partial charge >= 0.3 is 6.18 Å². The van der Waals surface area contributed by atoms with Gasteiger partial charge < -0.3 is 5.11 Å². The van der Waals surface area contributed by atoms with Crippen molar-refractivity contribution in [2.24, 2.45) is 0 Å². The molecule has 2 rings (SSSR count). The van der Waals surface area contributed by atoms with E-state index < -0.39 is 17.8 Å². The van der Waals surface area contributed by atoms with Gasteiger partial charge in [0.2, 0.25) is 0 Å². The van der Waals surface area contributed by atoms with Crippen LogP contribution in [0.15, 0.2) is 24.3 Å². The molecule has 0 aliphatic carbocycles. The molecule has 7 heteroatoms. The molecule has 1 aromatic heterocycles. The van der Waals surface area contributed by atoms with E-state index >= 15 is 0 Å². The molecule has 0 saturated heterocycles. The average molecular weight is 302 g/mol. The SMILES string of the molecule is CCCc1nnsc1C(O)c1ccccc1C(F)(F)F. The summed E-state index contributed by atoms with van der Waals surface area (Å²) >= 11 is 0.933. The molecule has 2 aromatic rings. The minimum absolute atomic E-state index is 0.164. The van der Waals surface area contributed by atoms with Crippen LogP contribution in [0.25, 0.3) is 0 Å². The standard InChI is InChI=1S/C13H13F3N2OS/c1-2-5-10-12(20-18-17-10)11(19)8-6-3-4-7-9(8)13(14,15)16/h3-4,6-7,11,19H,2,5H2,1H3. The minimum Gasteiger partial charge on any atom is -0.383 e. The van der Waals surface area contributed by atoms with Crippen LogP contribution in [0, 0.1) is 0 Å². The third-order valence-electron chi connectivity index (χ3n) is 2.88. The molecular weight excluding hydrogens is 289 g/mol. The summed E-state index contributed by atoms with van der Waals surface area (Å²) in [6.45, 7) is 1.93. The molecule has 3 nitrogen and oxygen atoms in total. The predicted octanol–water partition coefficient (Wildman–Crippen LogP) is 3.59.